The molecule has 2 aromatic rings. The Kier molecular flexibility index (Phi) is 5.32. The summed E-state index contributed by atoms with van der Waals surface area (Å²) in [5.74, 6) is -0.931. The molecule has 0 radical (unpaired) electrons. The van der Waals surface area contributed by atoms with Gasteiger partial charge in [-0.2, -0.15) is 5.26 Å². The fraction of sp³-hybridized carbons (Fsp3) is 0.263. The van der Waals surface area contributed by atoms with E-state index < -0.39 is 5.97 Å². The summed E-state index contributed by atoms with van der Waals surface area (Å²) in [4.78, 5) is 11.4. The van der Waals surface area contributed by atoms with Crippen molar-refractivity contribution in [3.05, 3.63) is 59.2 Å². The Labute approximate surface area is 130 Å². The minimum absolute atomic E-state index is 0.295. The van der Waals surface area contributed by atoms with Gasteiger partial charge in [-0.05, 0) is 47.7 Å². The molecule has 0 aliphatic carbocycles. The van der Waals surface area contributed by atoms with Crippen molar-refractivity contribution in [3.8, 4) is 17.2 Å². The van der Waals surface area contributed by atoms with Gasteiger partial charge in [-0.15, -0.1) is 0 Å². The summed E-state index contributed by atoms with van der Waals surface area (Å²) in [5.41, 5.74) is 3.56. The van der Waals surface area contributed by atoms with Crippen LogP contribution in [0.15, 0.2) is 42.5 Å². The third-order valence-electron chi connectivity index (χ3n) is 3.71. The smallest absolute Gasteiger partial charge is 0.336 e. The van der Waals surface area contributed by atoms with Crippen molar-refractivity contribution in [1.29, 1.82) is 5.26 Å². The Morgan fingerprint density at radius 1 is 1.14 bits per heavy atom. The highest BCUT2D eigenvalue weighted by Crippen LogP contribution is 2.26. The predicted octanol–water partition coefficient (Wildman–Crippen LogP) is 4.66. The molecular formula is C19H19NO2. The second kappa shape index (κ2) is 7.42. The van der Waals surface area contributed by atoms with Crippen LogP contribution in [0.3, 0.4) is 0 Å². The maximum Gasteiger partial charge on any atom is 0.336 e. The summed E-state index contributed by atoms with van der Waals surface area (Å²) in [6.45, 7) is 2.16. The molecule has 0 bridgehead atoms. The summed E-state index contributed by atoms with van der Waals surface area (Å²) < 4.78 is 0. The monoisotopic (exact) mass is 293 g/mol. The largest absolute Gasteiger partial charge is 0.478 e. The second-order valence-corrected chi connectivity index (χ2v) is 5.33. The summed E-state index contributed by atoms with van der Waals surface area (Å²) in [6, 6.07) is 14.6. The van der Waals surface area contributed by atoms with Crippen LogP contribution in [0.1, 0.15) is 47.7 Å². The van der Waals surface area contributed by atoms with Gasteiger partial charge in [-0.3, -0.25) is 0 Å². The number of carboxylic acid groups (broad SMARTS) is 1. The molecule has 112 valence electrons. The van der Waals surface area contributed by atoms with Crippen molar-refractivity contribution in [3.63, 3.8) is 0 Å². The Balaban J connectivity index is 2.38. The van der Waals surface area contributed by atoms with Gasteiger partial charge in [0.1, 0.15) is 0 Å². The topological polar surface area (TPSA) is 61.1 Å². The fourth-order valence-corrected chi connectivity index (χ4v) is 2.48. The highest BCUT2D eigenvalue weighted by molar-refractivity contribution is 5.96. The summed E-state index contributed by atoms with van der Waals surface area (Å²) in [6.07, 6.45) is 4.40. The molecule has 0 aromatic heterocycles. The van der Waals surface area contributed by atoms with E-state index in [0.29, 0.717) is 16.7 Å². The molecule has 0 spiro atoms. The first-order chi connectivity index (χ1) is 10.7. The van der Waals surface area contributed by atoms with Gasteiger partial charge in [-0.25, -0.2) is 4.79 Å². The summed E-state index contributed by atoms with van der Waals surface area (Å²) >= 11 is 0. The van der Waals surface area contributed by atoms with Crippen molar-refractivity contribution < 1.29 is 9.90 Å². The predicted molar refractivity (Wildman–Crippen MR) is 86.8 cm³/mol. The van der Waals surface area contributed by atoms with Crippen LogP contribution in [-0.2, 0) is 6.42 Å². The molecule has 3 heteroatoms. The van der Waals surface area contributed by atoms with Crippen molar-refractivity contribution >= 4 is 5.97 Å². The van der Waals surface area contributed by atoms with E-state index in [1.807, 2.05) is 12.1 Å². The van der Waals surface area contributed by atoms with Crippen LogP contribution in [0.4, 0.5) is 0 Å². The average molecular weight is 293 g/mol. The third-order valence-corrected chi connectivity index (χ3v) is 3.71. The van der Waals surface area contributed by atoms with Gasteiger partial charge in [-0.1, -0.05) is 44.0 Å². The number of carboxylic acids is 1. The van der Waals surface area contributed by atoms with Gasteiger partial charge < -0.3 is 5.11 Å². The van der Waals surface area contributed by atoms with E-state index in [9.17, 15) is 9.90 Å². The average Bonchev–Trinajstić information content (AvgIpc) is 2.55. The molecule has 0 aliphatic rings. The number of benzene rings is 2. The van der Waals surface area contributed by atoms with Gasteiger partial charge in [0, 0.05) is 0 Å². The standard InChI is InChI=1S/C19H19NO2/c1-2-3-4-5-14-8-11-17(19(21)22)18(12-14)16-9-6-15(13-20)7-10-16/h6-12H,2-5H2,1H3,(H,21,22). The molecule has 3 nitrogen and oxygen atoms in total. The third kappa shape index (κ3) is 3.73. The molecule has 0 unspecified atom stereocenters. The number of nitrogens with zero attached hydrogens (tertiary/aromatic N) is 1. The van der Waals surface area contributed by atoms with Crippen LogP contribution >= 0.6 is 0 Å². The summed E-state index contributed by atoms with van der Waals surface area (Å²) in [5, 5.41) is 18.2. The van der Waals surface area contributed by atoms with Gasteiger partial charge in [0.25, 0.3) is 0 Å². The van der Waals surface area contributed by atoms with Crippen molar-refractivity contribution in [2.45, 2.75) is 32.6 Å². The molecule has 0 heterocycles. The lowest BCUT2D eigenvalue weighted by Gasteiger charge is -2.10. The Hall–Kier alpha value is -2.60. The number of carbonyl (C=O) groups is 1. The van der Waals surface area contributed by atoms with Gasteiger partial charge in [0.05, 0.1) is 17.2 Å². The molecule has 2 aromatic carbocycles. The zero-order valence-electron chi connectivity index (χ0n) is 12.7. The first kappa shape index (κ1) is 15.8. The zero-order valence-corrected chi connectivity index (χ0v) is 12.7. The number of aryl methyl sites for hydroxylation is 1. The minimum Gasteiger partial charge on any atom is -0.478 e. The fourth-order valence-electron chi connectivity index (χ4n) is 2.48. The number of nitriles is 1. The Bertz CT molecular complexity index is 696. The van der Waals surface area contributed by atoms with Gasteiger partial charge in [0.2, 0.25) is 0 Å². The molecule has 0 aliphatic heterocycles. The van der Waals surface area contributed by atoms with Crippen molar-refractivity contribution in [2.24, 2.45) is 0 Å². The SMILES string of the molecule is CCCCCc1ccc(C(=O)O)c(-c2ccc(C#N)cc2)c1. The lowest BCUT2D eigenvalue weighted by Crippen LogP contribution is -2.01. The molecule has 2 rings (SSSR count). The van der Waals surface area contributed by atoms with Crippen LogP contribution in [0.25, 0.3) is 11.1 Å². The lowest BCUT2D eigenvalue weighted by molar-refractivity contribution is 0.0697. The summed E-state index contributed by atoms with van der Waals surface area (Å²) in [7, 11) is 0. The molecular weight excluding hydrogens is 274 g/mol. The number of hydrogen-bond donors (Lipinski definition) is 1. The zero-order chi connectivity index (χ0) is 15.9. The van der Waals surface area contributed by atoms with Gasteiger partial charge >= 0.3 is 5.97 Å². The van der Waals surface area contributed by atoms with E-state index in [2.05, 4.69) is 13.0 Å². The first-order valence-electron chi connectivity index (χ1n) is 7.52. The maximum atomic E-state index is 11.4. The normalized spacial score (nSPS) is 10.2. The molecule has 0 saturated heterocycles. The lowest BCUT2D eigenvalue weighted by atomic mass is 9.95. The van der Waals surface area contributed by atoms with E-state index in [0.717, 1.165) is 30.4 Å². The van der Waals surface area contributed by atoms with Crippen LogP contribution < -0.4 is 0 Å². The molecule has 0 fully saturated rings. The van der Waals surface area contributed by atoms with Crippen LogP contribution in [-0.4, -0.2) is 11.1 Å². The molecule has 0 atom stereocenters. The number of unbranched alkanes of at least 4 members (excludes halogenated alkanes) is 2. The highest BCUT2D eigenvalue weighted by Gasteiger charge is 2.12. The highest BCUT2D eigenvalue weighted by atomic mass is 16.4. The maximum absolute atomic E-state index is 11.4. The Morgan fingerprint density at radius 2 is 1.86 bits per heavy atom. The number of aromatic carboxylic acids is 1. The number of hydrogen-bond acceptors (Lipinski definition) is 2. The van der Waals surface area contributed by atoms with E-state index in [-0.39, 0.29) is 0 Å². The van der Waals surface area contributed by atoms with E-state index in [1.165, 1.54) is 6.42 Å². The molecule has 0 amide bonds. The second-order valence-electron chi connectivity index (χ2n) is 5.33. The Morgan fingerprint density at radius 3 is 2.45 bits per heavy atom. The van der Waals surface area contributed by atoms with E-state index in [4.69, 9.17) is 5.26 Å². The minimum atomic E-state index is -0.931. The van der Waals surface area contributed by atoms with E-state index in [1.54, 1.807) is 30.3 Å². The quantitative estimate of drug-likeness (QED) is 0.788. The van der Waals surface area contributed by atoms with Crippen LogP contribution in [0, 0.1) is 11.3 Å². The molecule has 0 saturated carbocycles. The van der Waals surface area contributed by atoms with Crippen LogP contribution in [0.5, 0.6) is 0 Å². The van der Waals surface area contributed by atoms with Crippen molar-refractivity contribution in [1.82, 2.24) is 0 Å². The van der Waals surface area contributed by atoms with Gasteiger partial charge in [0.15, 0.2) is 0 Å². The number of rotatable bonds is 6. The molecule has 22 heavy (non-hydrogen) atoms. The molecule has 1 N–H and O–H groups in total. The first-order valence-corrected chi connectivity index (χ1v) is 7.52. The van der Waals surface area contributed by atoms with Crippen molar-refractivity contribution in [2.75, 3.05) is 0 Å². The van der Waals surface area contributed by atoms with Crippen LogP contribution in [0.2, 0.25) is 0 Å². The van der Waals surface area contributed by atoms with E-state index >= 15 is 0 Å².